The van der Waals surface area contributed by atoms with Crippen LogP contribution in [0.25, 0.3) is 12.2 Å². The lowest BCUT2D eigenvalue weighted by Gasteiger charge is -2.18. The van der Waals surface area contributed by atoms with Crippen molar-refractivity contribution in [3.8, 4) is 0 Å². The first-order valence-corrected chi connectivity index (χ1v) is 8.41. The second-order valence-corrected chi connectivity index (χ2v) is 6.34. The molecule has 0 heterocycles. The molecule has 2 nitrogen and oxygen atoms in total. The molecular weight excluding hydrogens is 320 g/mol. The highest BCUT2D eigenvalue weighted by Gasteiger charge is 2.35. The highest BCUT2D eigenvalue weighted by atomic mass is 35.5. The number of esters is 1. The first-order chi connectivity index (χ1) is 11.7. The topological polar surface area (TPSA) is 26.3 Å². The summed E-state index contributed by atoms with van der Waals surface area (Å²) < 4.78 is 5.70. The summed E-state index contributed by atoms with van der Waals surface area (Å²) in [4.78, 5) is 12.3. The zero-order valence-corrected chi connectivity index (χ0v) is 14.1. The molecule has 3 heteroatoms. The van der Waals surface area contributed by atoms with Gasteiger partial charge in [0.2, 0.25) is 0 Å². The molecule has 1 aliphatic carbocycles. The molecule has 0 saturated heterocycles. The van der Waals surface area contributed by atoms with Crippen LogP contribution >= 0.6 is 11.6 Å². The third-order valence-corrected chi connectivity index (χ3v) is 4.34. The van der Waals surface area contributed by atoms with Crippen LogP contribution < -0.4 is 0 Å². The van der Waals surface area contributed by atoms with Gasteiger partial charge < -0.3 is 4.74 Å². The van der Waals surface area contributed by atoms with Gasteiger partial charge >= 0.3 is 5.97 Å². The van der Waals surface area contributed by atoms with Crippen LogP contribution in [0.2, 0.25) is 0 Å². The number of benzene rings is 2. The Kier molecular flexibility index (Phi) is 5.17. The number of hydrogen-bond acceptors (Lipinski definition) is 2. The second kappa shape index (κ2) is 7.50. The minimum atomic E-state index is -0.481. The van der Waals surface area contributed by atoms with Gasteiger partial charge in [0.25, 0.3) is 0 Å². The number of carbonyl (C=O) groups is 1. The Morgan fingerprint density at radius 1 is 1.08 bits per heavy atom. The van der Waals surface area contributed by atoms with E-state index in [9.17, 15) is 4.79 Å². The van der Waals surface area contributed by atoms with Crippen LogP contribution in [0, 0.1) is 5.92 Å². The van der Waals surface area contributed by atoms with E-state index in [0.29, 0.717) is 5.92 Å². The average molecular weight is 339 g/mol. The van der Waals surface area contributed by atoms with Crippen LogP contribution in [-0.4, -0.2) is 5.97 Å². The molecule has 2 aromatic carbocycles. The van der Waals surface area contributed by atoms with Gasteiger partial charge in [-0.1, -0.05) is 78.9 Å². The van der Waals surface area contributed by atoms with Crippen molar-refractivity contribution < 1.29 is 9.53 Å². The standard InChI is InChI=1S/C21H19ClO2/c1-2-15-8-10-17(11-9-15)20(18-12-13-18)24-21(23)19(22)14-16-6-4-3-5-7-16/h2-11,14,18,20H,1,12-13H2. The van der Waals surface area contributed by atoms with Crippen LogP contribution in [0.5, 0.6) is 0 Å². The van der Waals surface area contributed by atoms with Crippen molar-refractivity contribution in [2.75, 3.05) is 0 Å². The van der Waals surface area contributed by atoms with E-state index < -0.39 is 5.97 Å². The maximum absolute atomic E-state index is 12.3. The van der Waals surface area contributed by atoms with Gasteiger partial charge in [-0.2, -0.15) is 0 Å². The predicted octanol–water partition coefficient (Wildman–Crippen LogP) is 5.60. The molecule has 122 valence electrons. The van der Waals surface area contributed by atoms with Gasteiger partial charge in [0, 0.05) is 5.92 Å². The van der Waals surface area contributed by atoms with Crippen LogP contribution in [0.3, 0.4) is 0 Å². The van der Waals surface area contributed by atoms with Gasteiger partial charge in [0.05, 0.1) is 0 Å². The molecule has 0 amide bonds. The van der Waals surface area contributed by atoms with E-state index in [0.717, 1.165) is 29.5 Å². The summed E-state index contributed by atoms with van der Waals surface area (Å²) in [5, 5.41) is 0.0922. The first kappa shape index (κ1) is 16.5. The maximum Gasteiger partial charge on any atom is 0.350 e. The normalized spacial score (nSPS) is 15.6. The maximum atomic E-state index is 12.3. The number of hydrogen-bond donors (Lipinski definition) is 0. The molecule has 0 spiro atoms. The second-order valence-electron chi connectivity index (χ2n) is 5.94. The smallest absolute Gasteiger partial charge is 0.350 e. The third kappa shape index (κ3) is 4.15. The molecule has 1 saturated carbocycles. The summed E-state index contributed by atoms with van der Waals surface area (Å²) in [5.74, 6) is -0.102. The lowest BCUT2D eigenvalue weighted by molar-refractivity contribution is -0.144. The van der Waals surface area contributed by atoms with Gasteiger partial charge in [0.15, 0.2) is 0 Å². The van der Waals surface area contributed by atoms with Crippen molar-refractivity contribution in [1.82, 2.24) is 0 Å². The largest absolute Gasteiger partial charge is 0.453 e. The Morgan fingerprint density at radius 2 is 1.75 bits per heavy atom. The quantitative estimate of drug-likeness (QED) is 0.506. The monoisotopic (exact) mass is 338 g/mol. The lowest BCUT2D eigenvalue weighted by atomic mass is 10.0. The molecule has 1 fully saturated rings. The van der Waals surface area contributed by atoms with Crippen LogP contribution in [0.15, 0.2) is 66.2 Å². The van der Waals surface area contributed by atoms with Gasteiger partial charge in [-0.3, -0.25) is 0 Å². The Balaban J connectivity index is 1.74. The van der Waals surface area contributed by atoms with E-state index in [1.54, 1.807) is 12.2 Å². The van der Waals surface area contributed by atoms with E-state index in [2.05, 4.69) is 6.58 Å². The Morgan fingerprint density at radius 3 is 2.33 bits per heavy atom. The van der Waals surface area contributed by atoms with E-state index >= 15 is 0 Å². The van der Waals surface area contributed by atoms with Gasteiger partial charge in [-0.05, 0) is 35.6 Å². The zero-order valence-electron chi connectivity index (χ0n) is 13.3. The number of ether oxygens (including phenoxy) is 1. The third-order valence-electron chi connectivity index (χ3n) is 4.07. The van der Waals surface area contributed by atoms with Gasteiger partial charge in [-0.25, -0.2) is 4.79 Å². The molecule has 1 atom stereocenters. The number of rotatable bonds is 6. The summed E-state index contributed by atoms with van der Waals surface area (Å²) in [7, 11) is 0. The van der Waals surface area contributed by atoms with Crippen molar-refractivity contribution in [3.05, 3.63) is 82.9 Å². The summed E-state index contributed by atoms with van der Waals surface area (Å²) >= 11 is 6.14. The van der Waals surface area contributed by atoms with Gasteiger partial charge in [-0.15, -0.1) is 0 Å². The molecule has 1 unspecified atom stereocenters. The van der Waals surface area contributed by atoms with Crippen molar-refractivity contribution in [1.29, 1.82) is 0 Å². The van der Waals surface area contributed by atoms with Crippen molar-refractivity contribution in [2.45, 2.75) is 18.9 Å². The fourth-order valence-corrected chi connectivity index (χ4v) is 2.75. The average Bonchev–Trinajstić information content (AvgIpc) is 3.45. The highest BCUT2D eigenvalue weighted by molar-refractivity contribution is 6.43. The number of carbonyl (C=O) groups excluding carboxylic acids is 1. The van der Waals surface area contributed by atoms with Crippen molar-refractivity contribution >= 4 is 29.7 Å². The highest BCUT2D eigenvalue weighted by Crippen LogP contribution is 2.43. The summed E-state index contributed by atoms with van der Waals surface area (Å²) in [6.45, 7) is 3.75. The van der Waals surface area contributed by atoms with Crippen molar-refractivity contribution in [3.63, 3.8) is 0 Å². The van der Waals surface area contributed by atoms with E-state index in [4.69, 9.17) is 16.3 Å². The zero-order chi connectivity index (χ0) is 16.9. The summed E-state index contributed by atoms with van der Waals surface area (Å²) in [5.41, 5.74) is 2.92. The molecular formula is C21H19ClO2. The first-order valence-electron chi connectivity index (χ1n) is 8.03. The minimum absolute atomic E-state index is 0.0922. The minimum Gasteiger partial charge on any atom is -0.453 e. The van der Waals surface area contributed by atoms with E-state index in [1.165, 1.54) is 0 Å². The van der Waals surface area contributed by atoms with Crippen molar-refractivity contribution in [2.24, 2.45) is 5.92 Å². The van der Waals surface area contributed by atoms with Crippen LogP contribution in [0.1, 0.15) is 35.6 Å². The number of halogens is 1. The summed E-state index contributed by atoms with van der Waals surface area (Å²) in [6.07, 6.45) is 5.33. The molecule has 1 aliphatic rings. The molecule has 24 heavy (non-hydrogen) atoms. The van der Waals surface area contributed by atoms with Crippen LogP contribution in [0.4, 0.5) is 0 Å². The molecule has 2 aromatic rings. The molecule has 0 aliphatic heterocycles. The predicted molar refractivity (Wildman–Crippen MR) is 98.4 cm³/mol. The Labute approximate surface area is 147 Å². The Hall–Kier alpha value is -2.32. The fraction of sp³-hybridized carbons (Fsp3) is 0.190. The molecule has 0 aromatic heterocycles. The lowest BCUT2D eigenvalue weighted by Crippen LogP contribution is -2.13. The molecule has 0 N–H and O–H groups in total. The molecule has 3 rings (SSSR count). The molecule has 0 bridgehead atoms. The molecule has 0 radical (unpaired) electrons. The van der Waals surface area contributed by atoms with Gasteiger partial charge in [0.1, 0.15) is 11.1 Å². The van der Waals surface area contributed by atoms with E-state index in [-0.39, 0.29) is 11.1 Å². The SMILES string of the molecule is C=Cc1ccc(C(OC(=O)C(Cl)=Cc2ccccc2)C2CC2)cc1. The Bertz CT molecular complexity index is 743. The summed E-state index contributed by atoms with van der Waals surface area (Å²) in [6, 6.07) is 17.4. The van der Waals surface area contributed by atoms with E-state index in [1.807, 2.05) is 54.6 Å². The fourth-order valence-electron chi connectivity index (χ4n) is 2.58. The van der Waals surface area contributed by atoms with Crippen LogP contribution in [-0.2, 0) is 9.53 Å².